The minimum atomic E-state index is -0.543. The molecule has 0 aliphatic heterocycles. The highest BCUT2D eigenvalue weighted by atomic mass is 32.2. The van der Waals surface area contributed by atoms with E-state index in [-0.39, 0.29) is 28.5 Å². The van der Waals surface area contributed by atoms with Gasteiger partial charge in [-0.1, -0.05) is 89.3 Å². The van der Waals surface area contributed by atoms with Gasteiger partial charge in [0.15, 0.2) is 4.34 Å². The molecule has 0 atom stereocenters. The van der Waals surface area contributed by atoms with E-state index in [1.54, 1.807) is 16.8 Å². The molecular weight excluding hydrogens is 555 g/mol. The first kappa shape index (κ1) is 26.6. The van der Waals surface area contributed by atoms with E-state index < -0.39 is 5.91 Å². The summed E-state index contributed by atoms with van der Waals surface area (Å²) in [7, 11) is 0. The summed E-state index contributed by atoms with van der Waals surface area (Å²) in [5.74, 6) is 0.188. The van der Waals surface area contributed by atoms with E-state index in [4.69, 9.17) is 10.4 Å². The van der Waals surface area contributed by atoms with E-state index in [1.807, 2.05) is 74.5 Å². The molecule has 0 spiro atoms. The lowest BCUT2D eigenvalue weighted by Gasteiger charge is -2.15. The Morgan fingerprint density at radius 3 is 2.54 bits per heavy atom. The van der Waals surface area contributed by atoms with E-state index in [2.05, 4.69) is 15.5 Å². The van der Waals surface area contributed by atoms with Gasteiger partial charge in [-0.05, 0) is 42.7 Å². The van der Waals surface area contributed by atoms with E-state index in [0.717, 1.165) is 28.0 Å². The number of carbonyl (C=O) groups is 1. The molecule has 4 heterocycles. The Morgan fingerprint density at radius 2 is 1.76 bits per heavy atom. The average molecular weight is 580 g/mol. The second kappa shape index (κ2) is 11.1. The number of benzene rings is 2. The Kier molecular flexibility index (Phi) is 7.21. The van der Waals surface area contributed by atoms with Gasteiger partial charge >= 0.3 is 0 Å². The van der Waals surface area contributed by atoms with E-state index >= 15 is 0 Å². The summed E-state index contributed by atoms with van der Waals surface area (Å²) in [5, 5.41) is 20.7. The SMILES string of the molecule is Cc1ccc(Cn2c(=N)c(C(=O)Nc3nnc(SCc4ccccc4)s3)cc3c(=O)n4cccc(C)c4nc32)cc1. The minimum Gasteiger partial charge on any atom is -0.306 e. The molecule has 0 aliphatic rings. The van der Waals surface area contributed by atoms with Gasteiger partial charge in [0, 0.05) is 11.9 Å². The fraction of sp³-hybridized carbons (Fsp3) is 0.133. The molecule has 41 heavy (non-hydrogen) atoms. The van der Waals surface area contributed by atoms with E-state index in [0.29, 0.717) is 20.8 Å². The van der Waals surface area contributed by atoms with Crippen LogP contribution in [-0.4, -0.2) is 30.1 Å². The zero-order chi connectivity index (χ0) is 28.5. The number of hydrogen-bond donors (Lipinski definition) is 2. The van der Waals surface area contributed by atoms with Gasteiger partial charge < -0.3 is 4.57 Å². The van der Waals surface area contributed by atoms with Crippen molar-refractivity contribution in [3.63, 3.8) is 0 Å². The third-order valence-electron chi connectivity index (χ3n) is 6.67. The molecule has 0 saturated heterocycles. The first-order valence-corrected chi connectivity index (χ1v) is 14.6. The van der Waals surface area contributed by atoms with Crippen LogP contribution >= 0.6 is 23.1 Å². The number of fused-ring (bicyclic) bond motifs is 2. The number of nitrogens with one attached hydrogen (secondary N) is 2. The van der Waals surface area contributed by atoms with Gasteiger partial charge in [0.1, 0.15) is 16.8 Å². The minimum absolute atomic E-state index is 0.0461. The number of nitrogens with zero attached hydrogens (tertiary/aromatic N) is 5. The standard InChI is InChI=1S/C30H25N7O2S2/c1-18-10-12-20(13-11-18)16-37-24(31)22(15-23-26(37)32-25-19(2)7-6-14-36(25)28(23)39)27(38)33-29-34-35-30(41-29)40-17-21-8-4-3-5-9-21/h3-15,31H,16-17H2,1-2H3,(H,33,34,38). The molecule has 204 valence electrons. The Balaban J connectivity index is 1.39. The van der Waals surface area contributed by atoms with Crippen LogP contribution in [-0.2, 0) is 12.3 Å². The Labute approximate surface area is 243 Å². The Bertz CT molecular complexity index is 2030. The number of pyridine rings is 2. The topological polar surface area (TPSA) is 118 Å². The number of carbonyl (C=O) groups excluding carboxylic acids is 1. The van der Waals surface area contributed by atoms with E-state index in [9.17, 15) is 9.59 Å². The van der Waals surface area contributed by atoms with Crippen molar-refractivity contribution in [2.24, 2.45) is 0 Å². The molecule has 6 rings (SSSR count). The average Bonchev–Trinajstić information content (AvgIpc) is 3.43. The molecule has 1 amide bonds. The fourth-order valence-electron chi connectivity index (χ4n) is 4.50. The number of aromatic nitrogens is 5. The molecule has 0 fully saturated rings. The largest absolute Gasteiger partial charge is 0.306 e. The number of hydrogen-bond acceptors (Lipinski definition) is 8. The second-order valence-corrected chi connectivity index (χ2v) is 11.8. The Hall–Kier alpha value is -4.61. The number of thioether (sulfide) groups is 1. The third kappa shape index (κ3) is 5.41. The van der Waals surface area contributed by atoms with Crippen molar-refractivity contribution >= 4 is 50.8 Å². The lowest BCUT2D eigenvalue weighted by atomic mass is 10.1. The summed E-state index contributed by atoms with van der Waals surface area (Å²) in [6.07, 6.45) is 1.66. The summed E-state index contributed by atoms with van der Waals surface area (Å²) < 4.78 is 3.80. The summed E-state index contributed by atoms with van der Waals surface area (Å²) in [4.78, 5) is 31.9. The predicted molar refractivity (Wildman–Crippen MR) is 162 cm³/mol. The van der Waals surface area contributed by atoms with Gasteiger partial charge in [0.05, 0.1) is 17.5 Å². The maximum Gasteiger partial charge on any atom is 0.267 e. The molecule has 6 aromatic rings. The number of rotatable bonds is 7. The van der Waals surface area contributed by atoms with E-state index in [1.165, 1.54) is 33.6 Å². The summed E-state index contributed by atoms with van der Waals surface area (Å²) in [6, 6.07) is 23.1. The molecule has 11 heteroatoms. The van der Waals surface area contributed by atoms with Gasteiger partial charge in [0.25, 0.3) is 11.5 Å². The van der Waals surface area contributed by atoms with Crippen LogP contribution in [0.4, 0.5) is 5.13 Å². The van der Waals surface area contributed by atoms with Crippen molar-refractivity contribution in [2.75, 3.05) is 5.32 Å². The van der Waals surface area contributed by atoms with Gasteiger partial charge in [-0.25, -0.2) is 4.98 Å². The molecule has 9 nitrogen and oxygen atoms in total. The number of anilines is 1. The lowest BCUT2D eigenvalue weighted by molar-refractivity contribution is 0.102. The monoisotopic (exact) mass is 579 g/mol. The molecule has 2 N–H and O–H groups in total. The first-order valence-electron chi connectivity index (χ1n) is 12.8. The van der Waals surface area contributed by atoms with Crippen molar-refractivity contribution in [3.8, 4) is 0 Å². The summed E-state index contributed by atoms with van der Waals surface area (Å²) >= 11 is 2.79. The molecule has 0 radical (unpaired) electrons. The second-order valence-electron chi connectivity index (χ2n) is 9.62. The maximum absolute atomic E-state index is 13.6. The van der Waals surface area contributed by atoms with Gasteiger partial charge in [0.2, 0.25) is 5.13 Å². The molecule has 4 aromatic heterocycles. The van der Waals surface area contributed by atoms with Crippen LogP contribution < -0.4 is 16.4 Å². The van der Waals surface area contributed by atoms with Crippen molar-refractivity contribution in [3.05, 3.63) is 123 Å². The summed E-state index contributed by atoms with van der Waals surface area (Å²) in [5.41, 5.74) is 4.57. The highest BCUT2D eigenvalue weighted by Gasteiger charge is 2.20. The van der Waals surface area contributed by atoms with Gasteiger partial charge in [-0.2, -0.15) is 0 Å². The zero-order valence-corrected chi connectivity index (χ0v) is 23.9. The molecule has 0 unspecified atom stereocenters. The lowest BCUT2D eigenvalue weighted by Crippen LogP contribution is -2.32. The highest BCUT2D eigenvalue weighted by molar-refractivity contribution is 8.00. The van der Waals surface area contributed by atoms with Crippen LogP contribution in [0, 0.1) is 19.3 Å². The van der Waals surface area contributed by atoms with Crippen molar-refractivity contribution in [1.29, 1.82) is 5.41 Å². The predicted octanol–water partition coefficient (Wildman–Crippen LogP) is 5.19. The highest BCUT2D eigenvalue weighted by Crippen LogP contribution is 2.28. The Morgan fingerprint density at radius 1 is 0.976 bits per heavy atom. The van der Waals surface area contributed by atoms with Crippen molar-refractivity contribution < 1.29 is 4.79 Å². The number of aryl methyl sites for hydroxylation is 2. The molecule has 0 bridgehead atoms. The van der Waals surface area contributed by atoms with Gasteiger partial charge in [-0.3, -0.25) is 24.7 Å². The van der Waals surface area contributed by atoms with Crippen LogP contribution in [0.3, 0.4) is 0 Å². The van der Waals surface area contributed by atoms with Crippen molar-refractivity contribution in [2.45, 2.75) is 30.5 Å². The van der Waals surface area contributed by atoms with Crippen LogP contribution in [0.25, 0.3) is 16.7 Å². The molecular formula is C30H25N7O2S2. The fourth-order valence-corrected chi connectivity index (χ4v) is 6.20. The third-order valence-corrected chi connectivity index (χ3v) is 8.71. The summed E-state index contributed by atoms with van der Waals surface area (Å²) in [6.45, 7) is 4.16. The van der Waals surface area contributed by atoms with Crippen LogP contribution in [0.1, 0.15) is 32.6 Å². The first-order chi connectivity index (χ1) is 19.9. The van der Waals surface area contributed by atoms with Crippen molar-refractivity contribution in [1.82, 2.24) is 24.1 Å². The normalized spacial score (nSPS) is 11.3. The molecule has 0 saturated carbocycles. The molecule has 0 aliphatic carbocycles. The van der Waals surface area contributed by atoms with Crippen LogP contribution in [0.2, 0.25) is 0 Å². The smallest absolute Gasteiger partial charge is 0.267 e. The van der Waals surface area contributed by atoms with Crippen LogP contribution in [0.15, 0.2) is 88.1 Å². The van der Waals surface area contributed by atoms with Gasteiger partial charge in [-0.15, -0.1) is 10.2 Å². The van der Waals surface area contributed by atoms with Crippen LogP contribution in [0.5, 0.6) is 0 Å². The molecule has 2 aromatic carbocycles. The number of amides is 1. The maximum atomic E-state index is 13.6. The zero-order valence-electron chi connectivity index (χ0n) is 22.3. The quantitative estimate of drug-likeness (QED) is 0.153.